The van der Waals surface area contributed by atoms with Gasteiger partial charge in [0.1, 0.15) is 12.7 Å². The number of para-hydroxylation sites is 2. The Kier molecular flexibility index (Phi) is 4.08. The summed E-state index contributed by atoms with van der Waals surface area (Å²) in [5, 5.41) is 14.5. The average Bonchev–Trinajstić information content (AvgIpc) is 3.06. The van der Waals surface area contributed by atoms with Crippen LogP contribution in [0.3, 0.4) is 0 Å². The van der Waals surface area contributed by atoms with Crippen molar-refractivity contribution in [3.8, 4) is 11.5 Å². The molecule has 110 valence electrons. The van der Waals surface area contributed by atoms with Crippen LogP contribution in [0.15, 0.2) is 41.8 Å². The van der Waals surface area contributed by atoms with Gasteiger partial charge < -0.3 is 19.9 Å². The quantitative estimate of drug-likeness (QED) is 0.903. The fraction of sp³-hybridized carbons (Fsp3) is 0.267. The third-order valence-corrected chi connectivity index (χ3v) is 4.12. The van der Waals surface area contributed by atoms with Crippen LogP contribution in [-0.4, -0.2) is 30.3 Å². The first-order chi connectivity index (χ1) is 10.2. The van der Waals surface area contributed by atoms with Crippen molar-refractivity contribution >= 4 is 17.2 Å². The van der Waals surface area contributed by atoms with Crippen molar-refractivity contribution in [2.45, 2.75) is 12.2 Å². The molecule has 2 aromatic rings. The Morgan fingerprint density at radius 2 is 2.14 bits per heavy atom. The lowest BCUT2D eigenvalue weighted by Gasteiger charge is -2.25. The normalized spacial score (nSPS) is 18.0. The molecule has 2 N–H and O–H groups in total. The second-order valence-electron chi connectivity index (χ2n) is 4.64. The zero-order chi connectivity index (χ0) is 14.7. The monoisotopic (exact) mass is 305 g/mol. The lowest BCUT2D eigenvalue weighted by atomic mass is 10.2. The summed E-state index contributed by atoms with van der Waals surface area (Å²) in [5.74, 6) is 0.906. The Morgan fingerprint density at radius 3 is 2.90 bits per heavy atom. The van der Waals surface area contributed by atoms with Gasteiger partial charge in [0.05, 0.1) is 0 Å². The molecule has 0 fully saturated rings. The molecule has 2 unspecified atom stereocenters. The highest BCUT2D eigenvalue weighted by Gasteiger charge is 2.27. The highest BCUT2D eigenvalue weighted by molar-refractivity contribution is 7.10. The van der Waals surface area contributed by atoms with E-state index in [1.807, 2.05) is 29.6 Å². The largest absolute Gasteiger partial charge is 0.485 e. The number of benzene rings is 1. The minimum Gasteiger partial charge on any atom is -0.485 e. The van der Waals surface area contributed by atoms with Crippen molar-refractivity contribution < 1.29 is 19.4 Å². The van der Waals surface area contributed by atoms with Crippen LogP contribution in [0, 0.1) is 0 Å². The van der Waals surface area contributed by atoms with Crippen LogP contribution >= 0.6 is 11.3 Å². The fourth-order valence-corrected chi connectivity index (χ4v) is 2.75. The Morgan fingerprint density at radius 1 is 1.33 bits per heavy atom. The van der Waals surface area contributed by atoms with E-state index >= 15 is 0 Å². The second-order valence-corrected chi connectivity index (χ2v) is 5.62. The van der Waals surface area contributed by atoms with Crippen LogP contribution in [0.1, 0.15) is 11.0 Å². The summed E-state index contributed by atoms with van der Waals surface area (Å²) in [7, 11) is 0. The number of hydrogen-bond donors (Lipinski definition) is 2. The summed E-state index contributed by atoms with van der Waals surface area (Å²) in [6.45, 7) is 0.318. The van der Waals surface area contributed by atoms with Crippen LogP contribution in [0.25, 0.3) is 0 Å². The first-order valence-corrected chi connectivity index (χ1v) is 7.49. The van der Waals surface area contributed by atoms with Crippen molar-refractivity contribution in [3.05, 3.63) is 46.7 Å². The molecular weight excluding hydrogens is 290 g/mol. The van der Waals surface area contributed by atoms with E-state index < -0.39 is 12.2 Å². The number of aliphatic hydroxyl groups excluding tert-OH is 1. The minimum atomic E-state index is -0.703. The molecule has 2 atom stereocenters. The summed E-state index contributed by atoms with van der Waals surface area (Å²) in [5.41, 5.74) is 0. The van der Waals surface area contributed by atoms with E-state index in [-0.39, 0.29) is 19.1 Å². The van der Waals surface area contributed by atoms with Crippen molar-refractivity contribution in [1.82, 2.24) is 5.32 Å². The molecule has 21 heavy (non-hydrogen) atoms. The third kappa shape index (κ3) is 3.17. The summed E-state index contributed by atoms with van der Waals surface area (Å²) >= 11 is 1.45. The summed E-state index contributed by atoms with van der Waals surface area (Å²) in [4.78, 5) is 12.9. The maximum absolute atomic E-state index is 12.1. The highest BCUT2D eigenvalue weighted by atomic mass is 32.1. The van der Waals surface area contributed by atoms with E-state index in [9.17, 15) is 9.90 Å². The van der Waals surface area contributed by atoms with Crippen molar-refractivity contribution in [2.75, 3.05) is 13.2 Å². The number of aliphatic hydroxyl groups is 1. The Hall–Kier alpha value is -2.05. The molecule has 0 bridgehead atoms. The summed E-state index contributed by atoms with van der Waals surface area (Å²) < 4.78 is 11.1. The number of rotatable bonds is 4. The summed E-state index contributed by atoms with van der Waals surface area (Å²) in [6.07, 6.45) is -1.40. The lowest BCUT2D eigenvalue weighted by Crippen LogP contribution is -2.45. The number of amides is 1. The van der Waals surface area contributed by atoms with E-state index in [1.54, 1.807) is 12.1 Å². The predicted octanol–water partition coefficient (Wildman–Crippen LogP) is 1.74. The van der Waals surface area contributed by atoms with Gasteiger partial charge in [0.15, 0.2) is 11.5 Å². The van der Waals surface area contributed by atoms with Crippen LogP contribution in [0.4, 0.5) is 0 Å². The molecule has 0 aliphatic carbocycles. The van der Waals surface area contributed by atoms with Gasteiger partial charge in [0, 0.05) is 11.4 Å². The smallest absolute Gasteiger partial charge is 0.264 e. The molecule has 1 aromatic carbocycles. The predicted molar refractivity (Wildman–Crippen MR) is 78.6 cm³/mol. The van der Waals surface area contributed by atoms with Gasteiger partial charge in [-0.1, -0.05) is 18.2 Å². The number of fused-ring (bicyclic) bond motifs is 1. The second kappa shape index (κ2) is 6.15. The molecule has 0 saturated heterocycles. The van der Waals surface area contributed by atoms with Crippen LogP contribution in [-0.2, 0) is 4.79 Å². The van der Waals surface area contributed by atoms with Gasteiger partial charge in [-0.05, 0) is 23.6 Å². The number of nitrogens with one attached hydrogen (secondary N) is 1. The fourth-order valence-electron chi connectivity index (χ4n) is 2.04. The SMILES string of the molecule is O=C(NCC(O)c1cccs1)C1COc2ccccc2O1. The Bertz CT molecular complexity index is 614. The maximum atomic E-state index is 12.1. The molecule has 0 spiro atoms. The maximum Gasteiger partial charge on any atom is 0.264 e. The minimum absolute atomic E-state index is 0.154. The van der Waals surface area contributed by atoms with Gasteiger partial charge in [-0.2, -0.15) is 0 Å². The van der Waals surface area contributed by atoms with Gasteiger partial charge in [-0.25, -0.2) is 0 Å². The summed E-state index contributed by atoms with van der Waals surface area (Å²) in [6, 6.07) is 10.9. The van der Waals surface area contributed by atoms with Crippen molar-refractivity contribution in [3.63, 3.8) is 0 Å². The molecule has 0 radical (unpaired) electrons. The van der Waals surface area contributed by atoms with Gasteiger partial charge in [0.25, 0.3) is 5.91 Å². The molecule has 0 saturated carbocycles. The van der Waals surface area contributed by atoms with E-state index in [0.29, 0.717) is 11.5 Å². The van der Waals surface area contributed by atoms with Gasteiger partial charge in [-0.15, -0.1) is 11.3 Å². The van der Waals surface area contributed by atoms with Gasteiger partial charge in [0.2, 0.25) is 6.10 Å². The Balaban J connectivity index is 1.55. The van der Waals surface area contributed by atoms with Crippen molar-refractivity contribution in [1.29, 1.82) is 0 Å². The molecular formula is C15H15NO4S. The Labute approximate surface area is 126 Å². The number of carbonyl (C=O) groups excluding carboxylic acids is 1. The van der Waals surface area contributed by atoms with Crippen LogP contribution < -0.4 is 14.8 Å². The molecule has 1 aromatic heterocycles. The topological polar surface area (TPSA) is 67.8 Å². The van der Waals surface area contributed by atoms with Gasteiger partial charge >= 0.3 is 0 Å². The molecule has 1 amide bonds. The zero-order valence-corrected chi connectivity index (χ0v) is 12.0. The lowest BCUT2D eigenvalue weighted by molar-refractivity contribution is -0.130. The molecule has 1 aliphatic rings. The molecule has 1 aliphatic heterocycles. The van der Waals surface area contributed by atoms with E-state index in [2.05, 4.69) is 5.32 Å². The van der Waals surface area contributed by atoms with E-state index in [4.69, 9.17) is 9.47 Å². The molecule has 2 heterocycles. The highest BCUT2D eigenvalue weighted by Crippen LogP contribution is 2.30. The van der Waals surface area contributed by atoms with E-state index in [1.165, 1.54) is 11.3 Å². The van der Waals surface area contributed by atoms with E-state index in [0.717, 1.165) is 4.88 Å². The average molecular weight is 305 g/mol. The number of hydrogen-bond acceptors (Lipinski definition) is 5. The van der Waals surface area contributed by atoms with Gasteiger partial charge in [-0.3, -0.25) is 4.79 Å². The first-order valence-electron chi connectivity index (χ1n) is 6.61. The molecule has 5 nitrogen and oxygen atoms in total. The zero-order valence-electron chi connectivity index (χ0n) is 11.2. The molecule has 3 rings (SSSR count). The third-order valence-electron chi connectivity index (χ3n) is 3.14. The van der Waals surface area contributed by atoms with Crippen LogP contribution in [0.5, 0.6) is 11.5 Å². The number of ether oxygens (including phenoxy) is 2. The standard InChI is InChI=1S/C15H15NO4S/c17-10(14-6-3-7-21-14)8-16-15(18)13-9-19-11-4-1-2-5-12(11)20-13/h1-7,10,13,17H,8-9H2,(H,16,18). The molecule has 6 heteroatoms. The number of carbonyl (C=O) groups is 1. The first kappa shape index (κ1) is 13.9. The van der Waals surface area contributed by atoms with Crippen LogP contribution in [0.2, 0.25) is 0 Å². The van der Waals surface area contributed by atoms with Crippen molar-refractivity contribution in [2.24, 2.45) is 0 Å². The number of thiophene rings is 1.